The second-order valence-corrected chi connectivity index (χ2v) is 4.59. The van der Waals surface area contributed by atoms with Crippen LogP contribution in [0.4, 0.5) is 0 Å². The molecule has 1 aromatic heterocycles. The van der Waals surface area contributed by atoms with Crippen LogP contribution in [-0.2, 0) is 6.42 Å². The number of aromatic nitrogens is 1. The largest absolute Gasteiger partial charge is 0.330 e. The summed E-state index contributed by atoms with van der Waals surface area (Å²) in [5, 5.41) is 0. The van der Waals surface area contributed by atoms with Crippen LogP contribution in [0.5, 0.6) is 0 Å². The predicted octanol–water partition coefficient (Wildman–Crippen LogP) is 1.81. The second-order valence-electron chi connectivity index (χ2n) is 4.59. The standard InChI is InChI=1S/C13H23N3/c1-10(2)12-6-4-8-16-13(12)9-11(15)5-3-7-14/h4,6,8,10-11H,3,5,7,9,14-15H2,1-2H3. The molecule has 4 N–H and O–H groups in total. The Morgan fingerprint density at radius 2 is 2.12 bits per heavy atom. The van der Waals surface area contributed by atoms with Gasteiger partial charge in [0.05, 0.1) is 0 Å². The Morgan fingerprint density at radius 3 is 2.75 bits per heavy atom. The number of pyridine rings is 1. The number of nitrogens with two attached hydrogens (primary N) is 2. The van der Waals surface area contributed by atoms with Gasteiger partial charge < -0.3 is 11.5 Å². The minimum atomic E-state index is 0.177. The van der Waals surface area contributed by atoms with Crippen LogP contribution in [-0.4, -0.2) is 17.6 Å². The van der Waals surface area contributed by atoms with Gasteiger partial charge in [-0.3, -0.25) is 4.98 Å². The molecule has 1 heterocycles. The van der Waals surface area contributed by atoms with Crippen molar-refractivity contribution in [2.24, 2.45) is 11.5 Å². The first-order chi connectivity index (χ1) is 7.65. The van der Waals surface area contributed by atoms with Crippen molar-refractivity contribution in [2.45, 2.75) is 45.1 Å². The fraction of sp³-hybridized carbons (Fsp3) is 0.615. The fourth-order valence-corrected chi connectivity index (χ4v) is 1.88. The summed E-state index contributed by atoms with van der Waals surface area (Å²) in [6.07, 6.45) is 4.67. The second kappa shape index (κ2) is 6.61. The summed E-state index contributed by atoms with van der Waals surface area (Å²) >= 11 is 0. The van der Waals surface area contributed by atoms with E-state index < -0.39 is 0 Å². The third-order valence-electron chi connectivity index (χ3n) is 2.78. The molecular formula is C13H23N3. The number of hydrogen-bond acceptors (Lipinski definition) is 3. The van der Waals surface area contributed by atoms with E-state index in [4.69, 9.17) is 11.5 Å². The summed E-state index contributed by atoms with van der Waals surface area (Å²) in [4.78, 5) is 4.44. The van der Waals surface area contributed by atoms with Crippen LogP contribution < -0.4 is 11.5 Å². The molecule has 3 heteroatoms. The van der Waals surface area contributed by atoms with E-state index in [2.05, 4.69) is 24.9 Å². The monoisotopic (exact) mass is 221 g/mol. The molecule has 0 bridgehead atoms. The minimum Gasteiger partial charge on any atom is -0.330 e. The van der Waals surface area contributed by atoms with Crippen molar-refractivity contribution in [1.82, 2.24) is 4.98 Å². The highest BCUT2D eigenvalue weighted by atomic mass is 14.7. The Labute approximate surface area is 98.3 Å². The Balaban J connectivity index is 2.65. The van der Waals surface area contributed by atoms with Gasteiger partial charge in [-0.25, -0.2) is 0 Å². The fourth-order valence-electron chi connectivity index (χ4n) is 1.88. The molecule has 0 aliphatic carbocycles. The van der Waals surface area contributed by atoms with Gasteiger partial charge in [0.2, 0.25) is 0 Å². The Morgan fingerprint density at radius 1 is 1.38 bits per heavy atom. The molecule has 1 rings (SSSR count). The van der Waals surface area contributed by atoms with Gasteiger partial charge in [0.25, 0.3) is 0 Å². The zero-order valence-corrected chi connectivity index (χ0v) is 10.3. The van der Waals surface area contributed by atoms with Gasteiger partial charge >= 0.3 is 0 Å². The van der Waals surface area contributed by atoms with Crippen LogP contribution in [0, 0.1) is 0 Å². The maximum absolute atomic E-state index is 6.07. The van der Waals surface area contributed by atoms with Crippen LogP contribution in [0.15, 0.2) is 18.3 Å². The van der Waals surface area contributed by atoms with E-state index in [0.717, 1.165) is 25.0 Å². The highest BCUT2D eigenvalue weighted by Gasteiger charge is 2.10. The van der Waals surface area contributed by atoms with Crippen molar-refractivity contribution < 1.29 is 0 Å². The quantitative estimate of drug-likeness (QED) is 0.770. The van der Waals surface area contributed by atoms with E-state index in [-0.39, 0.29) is 6.04 Å². The zero-order chi connectivity index (χ0) is 12.0. The average molecular weight is 221 g/mol. The minimum absolute atomic E-state index is 0.177. The summed E-state index contributed by atoms with van der Waals surface area (Å²) in [6, 6.07) is 4.31. The molecule has 1 unspecified atom stereocenters. The highest BCUT2D eigenvalue weighted by Crippen LogP contribution is 2.18. The van der Waals surface area contributed by atoms with Gasteiger partial charge in [-0.15, -0.1) is 0 Å². The molecule has 0 aromatic carbocycles. The predicted molar refractivity (Wildman–Crippen MR) is 68.3 cm³/mol. The lowest BCUT2D eigenvalue weighted by Crippen LogP contribution is -2.25. The lowest BCUT2D eigenvalue weighted by atomic mass is 9.96. The average Bonchev–Trinajstić information content (AvgIpc) is 2.27. The number of nitrogens with zero attached hydrogens (tertiary/aromatic N) is 1. The molecule has 0 aliphatic heterocycles. The van der Waals surface area contributed by atoms with Gasteiger partial charge in [-0.2, -0.15) is 0 Å². The van der Waals surface area contributed by atoms with E-state index in [1.54, 1.807) is 0 Å². The molecule has 0 radical (unpaired) electrons. The van der Waals surface area contributed by atoms with Crippen LogP contribution >= 0.6 is 0 Å². The van der Waals surface area contributed by atoms with Crippen molar-refractivity contribution in [1.29, 1.82) is 0 Å². The van der Waals surface area contributed by atoms with E-state index in [9.17, 15) is 0 Å². The molecule has 0 saturated carbocycles. The van der Waals surface area contributed by atoms with Crippen molar-refractivity contribution in [3.8, 4) is 0 Å². The topological polar surface area (TPSA) is 64.9 Å². The molecular weight excluding hydrogens is 198 g/mol. The summed E-state index contributed by atoms with van der Waals surface area (Å²) in [5.74, 6) is 0.505. The molecule has 0 aliphatic rings. The summed E-state index contributed by atoms with van der Waals surface area (Å²) in [5.41, 5.74) is 14.0. The smallest absolute Gasteiger partial charge is 0.0453 e. The van der Waals surface area contributed by atoms with Crippen molar-refractivity contribution in [3.05, 3.63) is 29.6 Å². The normalized spacial score (nSPS) is 13.1. The summed E-state index contributed by atoms with van der Waals surface area (Å²) in [7, 11) is 0. The zero-order valence-electron chi connectivity index (χ0n) is 10.3. The Bertz CT molecular complexity index is 310. The van der Waals surface area contributed by atoms with Gasteiger partial charge in [-0.05, 0) is 36.9 Å². The van der Waals surface area contributed by atoms with Crippen molar-refractivity contribution in [3.63, 3.8) is 0 Å². The molecule has 0 amide bonds. The van der Waals surface area contributed by atoms with Gasteiger partial charge in [0.1, 0.15) is 0 Å². The van der Waals surface area contributed by atoms with Gasteiger partial charge in [0.15, 0.2) is 0 Å². The van der Waals surface area contributed by atoms with Gasteiger partial charge in [0, 0.05) is 24.4 Å². The van der Waals surface area contributed by atoms with Crippen LogP contribution in [0.25, 0.3) is 0 Å². The molecule has 0 fully saturated rings. The molecule has 0 saturated heterocycles. The van der Waals surface area contributed by atoms with Crippen LogP contribution in [0.2, 0.25) is 0 Å². The Hall–Kier alpha value is -0.930. The molecule has 90 valence electrons. The van der Waals surface area contributed by atoms with E-state index >= 15 is 0 Å². The lowest BCUT2D eigenvalue weighted by molar-refractivity contribution is 0.574. The first-order valence-corrected chi connectivity index (χ1v) is 6.04. The SMILES string of the molecule is CC(C)c1cccnc1CC(N)CCCN. The van der Waals surface area contributed by atoms with E-state index in [1.165, 1.54) is 5.56 Å². The van der Waals surface area contributed by atoms with Crippen molar-refractivity contribution >= 4 is 0 Å². The summed E-state index contributed by atoms with van der Waals surface area (Å²) in [6.45, 7) is 5.09. The molecule has 0 spiro atoms. The van der Waals surface area contributed by atoms with E-state index in [0.29, 0.717) is 12.5 Å². The number of hydrogen-bond donors (Lipinski definition) is 2. The summed E-state index contributed by atoms with van der Waals surface area (Å²) < 4.78 is 0. The maximum atomic E-state index is 6.07. The molecule has 3 nitrogen and oxygen atoms in total. The van der Waals surface area contributed by atoms with Crippen LogP contribution in [0.1, 0.15) is 43.9 Å². The Kier molecular flexibility index (Phi) is 5.43. The maximum Gasteiger partial charge on any atom is 0.0453 e. The first kappa shape index (κ1) is 13.1. The van der Waals surface area contributed by atoms with Crippen molar-refractivity contribution in [2.75, 3.05) is 6.54 Å². The highest BCUT2D eigenvalue weighted by molar-refractivity contribution is 5.23. The van der Waals surface area contributed by atoms with Crippen LogP contribution in [0.3, 0.4) is 0 Å². The third-order valence-corrected chi connectivity index (χ3v) is 2.78. The third kappa shape index (κ3) is 3.91. The molecule has 1 aromatic rings. The first-order valence-electron chi connectivity index (χ1n) is 6.04. The van der Waals surface area contributed by atoms with E-state index in [1.807, 2.05) is 12.3 Å². The lowest BCUT2D eigenvalue weighted by Gasteiger charge is -2.15. The molecule has 16 heavy (non-hydrogen) atoms. The van der Waals surface area contributed by atoms with Gasteiger partial charge in [-0.1, -0.05) is 19.9 Å². The number of rotatable bonds is 6. The molecule has 1 atom stereocenters.